The molecule has 0 aliphatic heterocycles. The summed E-state index contributed by atoms with van der Waals surface area (Å²) < 4.78 is 25.6. The van der Waals surface area contributed by atoms with E-state index in [1.54, 1.807) is 24.3 Å². The normalized spacial score (nSPS) is 14.6. The molecule has 0 saturated carbocycles. The van der Waals surface area contributed by atoms with Crippen LogP contribution < -0.4 is 9.62 Å². The third-order valence-electron chi connectivity index (χ3n) is 5.53. The van der Waals surface area contributed by atoms with Gasteiger partial charge in [0.1, 0.15) is 0 Å². The maximum atomic E-state index is 12.4. The number of hydrogen-bond donors (Lipinski definition) is 1. The van der Waals surface area contributed by atoms with Crippen LogP contribution >= 0.6 is 11.6 Å². The zero-order valence-corrected chi connectivity index (χ0v) is 19.1. The Hall–Kier alpha value is -2.05. The van der Waals surface area contributed by atoms with Gasteiger partial charge in [-0.05, 0) is 80.0 Å². The lowest BCUT2D eigenvalue weighted by atomic mass is 9.89. The Labute approximate surface area is 184 Å². The summed E-state index contributed by atoms with van der Waals surface area (Å²) >= 11 is 5.89. The molecule has 1 aliphatic carbocycles. The Morgan fingerprint density at radius 2 is 1.77 bits per heavy atom. The minimum atomic E-state index is -3.45. The van der Waals surface area contributed by atoms with Crippen LogP contribution in [0.1, 0.15) is 55.3 Å². The van der Waals surface area contributed by atoms with E-state index in [0.29, 0.717) is 17.1 Å². The summed E-state index contributed by atoms with van der Waals surface area (Å²) in [6.07, 6.45) is 6.57. The molecule has 0 unspecified atom stereocenters. The summed E-state index contributed by atoms with van der Waals surface area (Å²) in [6, 6.07) is 13.1. The molecule has 0 radical (unpaired) electrons. The molecule has 1 aliphatic rings. The second kappa shape index (κ2) is 9.84. The van der Waals surface area contributed by atoms with Gasteiger partial charge in [0.2, 0.25) is 15.9 Å². The van der Waals surface area contributed by atoms with Gasteiger partial charge in [-0.2, -0.15) is 0 Å². The van der Waals surface area contributed by atoms with Crippen LogP contribution in [0.15, 0.2) is 42.5 Å². The average molecular weight is 449 g/mol. The average Bonchev–Trinajstić information content (AvgIpc) is 2.71. The lowest BCUT2D eigenvalue weighted by Gasteiger charge is -2.23. The highest BCUT2D eigenvalue weighted by atomic mass is 35.5. The monoisotopic (exact) mass is 448 g/mol. The molecule has 1 N–H and O–H groups in total. The largest absolute Gasteiger partial charge is 0.350 e. The number of anilines is 1. The molecule has 0 bridgehead atoms. The zero-order chi connectivity index (χ0) is 21.7. The first-order valence-corrected chi connectivity index (χ1v) is 12.6. The van der Waals surface area contributed by atoms with E-state index in [4.69, 9.17) is 11.6 Å². The summed E-state index contributed by atoms with van der Waals surface area (Å²) in [7, 11) is -3.45. The highest BCUT2D eigenvalue weighted by Gasteiger charge is 2.18. The van der Waals surface area contributed by atoms with Crippen LogP contribution in [0.5, 0.6) is 0 Å². The van der Waals surface area contributed by atoms with Crippen molar-refractivity contribution in [2.45, 2.75) is 51.5 Å². The van der Waals surface area contributed by atoms with Crippen LogP contribution in [0.2, 0.25) is 5.02 Å². The molecule has 2 aromatic carbocycles. The van der Waals surface area contributed by atoms with Crippen molar-refractivity contribution in [3.05, 3.63) is 64.2 Å². The van der Waals surface area contributed by atoms with Gasteiger partial charge in [0.25, 0.3) is 0 Å². The Kier molecular flexibility index (Phi) is 7.42. The van der Waals surface area contributed by atoms with Gasteiger partial charge in [-0.15, -0.1) is 0 Å². The van der Waals surface area contributed by atoms with Crippen molar-refractivity contribution in [2.24, 2.45) is 0 Å². The van der Waals surface area contributed by atoms with E-state index in [9.17, 15) is 13.2 Å². The number of hydrogen-bond acceptors (Lipinski definition) is 3. The highest BCUT2D eigenvalue weighted by molar-refractivity contribution is 7.92. The zero-order valence-electron chi connectivity index (χ0n) is 17.5. The van der Waals surface area contributed by atoms with E-state index in [-0.39, 0.29) is 24.9 Å². The van der Waals surface area contributed by atoms with Gasteiger partial charge >= 0.3 is 0 Å². The predicted octanol–water partition coefficient (Wildman–Crippen LogP) is 4.64. The summed E-state index contributed by atoms with van der Waals surface area (Å²) in [4.78, 5) is 12.4. The Balaban J connectivity index is 1.55. The summed E-state index contributed by atoms with van der Waals surface area (Å²) in [5.41, 5.74) is 4.48. The first-order chi connectivity index (χ1) is 14.2. The van der Waals surface area contributed by atoms with E-state index < -0.39 is 10.0 Å². The number of nitrogens with one attached hydrogen (secondary N) is 1. The molecular formula is C23H29ClN2O3S. The Morgan fingerprint density at radius 3 is 2.43 bits per heavy atom. The number of fused-ring (bicyclic) bond motifs is 1. The van der Waals surface area contributed by atoms with Crippen molar-refractivity contribution in [3.8, 4) is 0 Å². The van der Waals surface area contributed by atoms with E-state index >= 15 is 0 Å². The fourth-order valence-corrected chi connectivity index (χ4v) is 4.99. The van der Waals surface area contributed by atoms with Crippen molar-refractivity contribution in [1.29, 1.82) is 0 Å². The van der Waals surface area contributed by atoms with Gasteiger partial charge in [0, 0.05) is 18.0 Å². The number of amides is 1. The van der Waals surface area contributed by atoms with Crippen LogP contribution in [0.25, 0.3) is 0 Å². The van der Waals surface area contributed by atoms with Crippen LogP contribution in [-0.2, 0) is 27.7 Å². The van der Waals surface area contributed by atoms with E-state index in [1.165, 1.54) is 34.5 Å². The van der Waals surface area contributed by atoms with Gasteiger partial charge in [0.05, 0.1) is 18.0 Å². The number of carbonyl (C=O) groups excluding carboxylic acids is 1. The fraction of sp³-hybridized carbons (Fsp3) is 0.435. The predicted molar refractivity (Wildman–Crippen MR) is 123 cm³/mol. The van der Waals surface area contributed by atoms with E-state index in [1.807, 2.05) is 6.92 Å². The van der Waals surface area contributed by atoms with E-state index in [0.717, 1.165) is 18.4 Å². The summed E-state index contributed by atoms with van der Waals surface area (Å²) in [5, 5.41) is 3.58. The molecule has 1 atom stereocenters. The van der Waals surface area contributed by atoms with Crippen LogP contribution in [0, 0.1) is 0 Å². The SMILES string of the molecule is C[C@@H](NC(=O)CCCN(c1ccc(Cl)cc1)S(C)(=O)=O)c1ccc2c(c1)CCCC2. The quantitative estimate of drug-likeness (QED) is 0.639. The second-order valence-corrected chi connectivity index (χ2v) is 10.3. The smallest absolute Gasteiger partial charge is 0.232 e. The molecule has 1 amide bonds. The van der Waals surface area contributed by atoms with Gasteiger partial charge in [-0.1, -0.05) is 29.8 Å². The molecule has 30 heavy (non-hydrogen) atoms. The van der Waals surface area contributed by atoms with Crippen LogP contribution in [-0.4, -0.2) is 27.1 Å². The second-order valence-electron chi connectivity index (χ2n) is 7.94. The maximum Gasteiger partial charge on any atom is 0.232 e. The Morgan fingerprint density at radius 1 is 1.10 bits per heavy atom. The molecule has 162 valence electrons. The van der Waals surface area contributed by atoms with Crippen molar-refractivity contribution in [2.75, 3.05) is 17.1 Å². The minimum absolute atomic E-state index is 0.0768. The van der Waals surface area contributed by atoms with Gasteiger partial charge in [-0.3, -0.25) is 9.10 Å². The number of halogens is 1. The third-order valence-corrected chi connectivity index (χ3v) is 6.98. The topological polar surface area (TPSA) is 66.5 Å². The van der Waals surface area contributed by atoms with Crippen LogP contribution in [0.4, 0.5) is 5.69 Å². The molecule has 0 saturated heterocycles. The van der Waals surface area contributed by atoms with Crippen molar-refractivity contribution in [1.82, 2.24) is 5.32 Å². The molecule has 7 heteroatoms. The van der Waals surface area contributed by atoms with Gasteiger partial charge in [-0.25, -0.2) is 8.42 Å². The van der Waals surface area contributed by atoms with Gasteiger partial charge < -0.3 is 5.32 Å². The standard InChI is InChI=1S/C23H29ClN2O3S/c1-17(19-10-9-18-6-3-4-7-20(18)16-19)25-23(27)8-5-15-26(30(2,28)29)22-13-11-21(24)12-14-22/h9-14,16-17H,3-8,15H2,1-2H3,(H,25,27)/t17-/m1/s1. The number of sulfonamides is 1. The third kappa shape index (κ3) is 5.99. The molecule has 0 aromatic heterocycles. The molecule has 3 rings (SSSR count). The lowest BCUT2D eigenvalue weighted by Crippen LogP contribution is -2.32. The Bertz CT molecular complexity index is 990. The maximum absolute atomic E-state index is 12.4. The summed E-state index contributed by atoms with van der Waals surface area (Å²) in [6.45, 7) is 2.22. The first kappa shape index (κ1) is 22.6. The highest BCUT2D eigenvalue weighted by Crippen LogP contribution is 2.25. The number of rotatable bonds is 8. The lowest BCUT2D eigenvalue weighted by molar-refractivity contribution is -0.121. The number of nitrogens with zero attached hydrogens (tertiary/aromatic N) is 1. The van der Waals surface area contributed by atoms with E-state index in [2.05, 4.69) is 23.5 Å². The number of carbonyl (C=O) groups is 1. The molecule has 5 nitrogen and oxygen atoms in total. The minimum Gasteiger partial charge on any atom is -0.350 e. The van der Waals surface area contributed by atoms with Gasteiger partial charge in [0.15, 0.2) is 0 Å². The number of benzene rings is 2. The molecule has 0 fully saturated rings. The first-order valence-electron chi connectivity index (χ1n) is 10.4. The van der Waals surface area contributed by atoms with Crippen molar-refractivity contribution < 1.29 is 13.2 Å². The molecule has 2 aromatic rings. The van der Waals surface area contributed by atoms with Crippen LogP contribution in [0.3, 0.4) is 0 Å². The summed E-state index contributed by atoms with van der Waals surface area (Å²) in [5.74, 6) is -0.0789. The van der Waals surface area contributed by atoms with Crippen molar-refractivity contribution >= 4 is 33.2 Å². The molecular weight excluding hydrogens is 420 g/mol. The van der Waals surface area contributed by atoms with Crippen molar-refractivity contribution in [3.63, 3.8) is 0 Å². The number of aryl methyl sites for hydroxylation is 2. The molecule has 0 spiro atoms. The molecule has 0 heterocycles. The fourth-order valence-electron chi connectivity index (χ4n) is 3.90.